The van der Waals surface area contributed by atoms with Gasteiger partial charge in [-0.25, -0.2) is 11.1 Å². The quantitative estimate of drug-likeness (QED) is 0.182. The van der Waals surface area contributed by atoms with E-state index in [9.17, 15) is 0 Å². The smallest absolute Gasteiger partial charge is 0 e. The van der Waals surface area contributed by atoms with Crippen molar-refractivity contribution in [1.82, 2.24) is 0 Å². The van der Waals surface area contributed by atoms with Crippen molar-refractivity contribution in [2.24, 2.45) is 0 Å². The van der Waals surface area contributed by atoms with E-state index in [1.54, 1.807) is 0 Å². The standard InChI is InChI=1S/C28H16.Y/c1-2-6-19(7-3-1)22-10-11-23-15-27-17-25-12-20-8-4-5-9-21(20)13-26(25)18-28(27)16-24(23)14-22;/h1-6,8-9,11-18H;/q-2;. The molecule has 0 amide bonds. The van der Waals surface area contributed by atoms with Crippen LogP contribution >= 0.6 is 0 Å². The Morgan fingerprint density at radius 2 is 0.931 bits per heavy atom. The zero-order valence-electron chi connectivity index (χ0n) is 15.8. The number of hydrogen-bond acceptors (Lipinski definition) is 0. The normalized spacial score (nSPS) is 11.2. The molecular formula is C28H16Y-2. The molecule has 0 N–H and O–H groups in total. The fraction of sp³-hybridized carbons (Fsp3) is 0. The minimum Gasteiger partial charge on any atom is -0.226 e. The van der Waals surface area contributed by atoms with Gasteiger partial charge in [0.1, 0.15) is 0 Å². The van der Waals surface area contributed by atoms with Crippen molar-refractivity contribution in [3.63, 3.8) is 0 Å². The Labute approximate surface area is 195 Å². The summed E-state index contributed by atoms with van der Waals surface area (Å²) < 4.78 is 0. The largest absolute Gasteiger partial charge is 0.226 e. The summed E-state index contributed by atoms with van der Waals surface area (Å²) in [5, 5.41) is 10.1. The van der Waals surface area contributed by atoms with Gasteiger partial charge in [-0.3, -0.25) is 0 Å². The summed E-state index contributed by atoms with van der Waals surface area (Å²) in [6, 6.07) is 41.4. The van der Waals surface area contributed by atoms with E-state index in [1.807, 2.05) is 18.2 Å². The van der Waals surface area contributed by atoms with Gasteiger partial charge in [0.25, 0.3) is 0 Å². The van der Waals surface area contributed by atoms with Gasteiger partial charge in [0.15, 0.2) is 0 Å². The molecule has 0 aliphatic rings. The van der Waals surface area contributed by atoms with E-state index in [4.69, 9.17) is 0 Å². The summed E-state index contributed by atoms with van der Waals surface area (Å²) in [5.41, 5.74) is 2.16. The Balaban J connectivity index is 0.00000181. The molecule has 6 aromatic rings. The first-order chi connectivity index (χ1) is 13.8. The third kappa shape index (κ3) is 3.27. The zero-order chi connectivity index (χ0) is 18.5. The molecule has 0 unspecified atom stereocenters. The van der Waals surface area contributed by atoms with Crippen LogP contribution in [0.2, 0.25) is 0 Å². The van der Waals surface area contributed by atoms with Crippen molar-refractivity contribution >= 4 is 43.1 Å². The van der Waals surface area contributed by atoms with Crippen LogP contribution in [0.3, 0.4) is 0 Å². The fourth-order valence-corrected chi connectivity index (χ4v) is 4.10. The van der Waals surface area contributed by atoms with Gasteiger partial charge in [-0.15, -0.1) is 22.9 Å². The van der Waals surface area contributed by atoms with Gasteiger partial charge in [-0.2, -0.15) is 36.4 Å². The molecule has 0 saturated heterocycles. The molecule has 0 bridgehead atoms. The Bertz CT molecular complexity index is 1500. The minimum atomic E-state index is 0. The maximum atomic E-state index is 3.42. The first kappa shape index (κ1) is 18.5. The third-order valence-electron chi connectivity index (χ3n) is 5.54. The molecule has 0 spiro atoms. The van der Waals surface area contributed by atoms with E-state index >= 15 is 0 Å². The molecule has 0 heterocycles. The molecule has 6 rings (SSSR count). The van der Waals surface area contributed by atoms with Crippen LogP contribution in [0.1, 0.15) is 0 Å². The van der Waals surface area contributed by atoms with Crippen molar-refractivity contribution in [3.8, 4) is 11.1 Å². The Morgan fingerprint density at radius 1 is 0.414 bits per heavy atom. The summed E-state index contributed by atoms with van der Waals surface area (Å²) >= 11 is 0. The van der Waals surface area contributed by atoms with Gasteiger partial charge >= 0.3 is 0 Å². The van der Waals surface area contributed by atoms with Crippen LogP contribution in [0.4, 0.5) is 0 Å². The summed E-state index contributed by atoms with van der Waals surface area (Å²) in [7, 11) is 0. The molecule has 0 nitrogen and oxygen atoms in total. The van der Waals surface area contributed by atoms with Crippen LogP contribution < -0.4 is 0 Å². The van der Waals surface area contributed by atoms with Crippen molar-refractivity contribution in [1.29, 1.82) is 0 Å². The number of fused-ring (bicyclic) bond motifs is 4. The monoisotopic (exact) mass is 441 g/mol. The molecule has 29 heavy (non-hydrogen) atoms. The molecule has 6 aromatic carbocycles. The first-order valence-corrected chi connectivity index (χ1v) is 9.52. The molecular weight excluding hydrogens is 425 g/mol. The van der Waals surface area contributed by atoms with E-state index in [0.717, 1.165) is 11.1 Å². The van der Waals surface area contributed by atoms with Crippen LogP contribution in [0.5, 0.6) is 0 Å². The predicted molar refractivity (Wildman–Crippen MR) is 120 cm³/mol. The number of benzene rings is 6. The zero-order valence-corrected chi connectivity index (χ0v) is 18.7. The van der Waals surface area contributed by atoms with E-state index < -0.39 is 0 Å². The van der Waals surface area contributed by atoms with Crippen molar-refractivity contribution in [3.05, 3.63) is 109 Å². The van der Waals surface area contributed by atoms with Gasteiger partial charge in [0.2, 0.25) is 0 Å². The van der Waals surface area contributed by atoms with Crippen LogP contribution in [-0.2, 0) is 32.7 Å². The maximum absolute atomic E-state index is 3.42. The van der Waals surface area contributed by atoms with Gasteiger partial charge in [0.05, 0.1) is 0 Å². The molecule has 1 heteroatoms. The Hall–Kier alpha value is -2.54. The summed E-state index contributed by atoms with van der Waals surface area (Å²) in [5.74, 6) is 0. The van der Waals surface area contributed by atoms with Crippen LogP contribution in [0.15, 0.2) is 97.1 Å². The Morgan fingerprint density at radius 3 is 1.52 bits per heavy atom. The van der Waals surface area contributed by atoms with Crippen molar-refractivity contribution in [2.75, 3.05) is 0 Å². The van der Waals surface area contributed by atoms with Crippen LogP contribution in [0.25, 0.3) is 54.2 Å². The van der Waals surface area contributed by atoms with Crippen LogP contribution in [-0.4, -0.2) is 0 Å². The summed E-state index contributed by atoms with van der Waals surface area (Å²) in [4.78, 5) is 0. The second kappa shape index (κ2) is 7.37. The maximum Gasteiger partial charge on any atom is 0 e. The fourth-order valence-electron chi connectivity index (χ4n) is 4.10. The topological polar surface area (TPSA) is 0 Å². The van der Waals surface area contributed by atoms with E-state index in [1.165, 1.54) is 43.1 Å². The second-order valence-corrected chi connectivity index (χ2v) is 7.35. The first-order valence-electron chi connectivity index (χ1n) is 9.52. The second-order valence-electron chi connectivity index (χ2n) is 7.35. The number of rotatable bonds is 1. The van der Waals surface area contributed by atoms with E-state index in [0.29, 0.717) is 0 Å². The van der Waals surface area contributed by atoms with Crippen molar-refractivity contribution < 1.29 is 32.7 Å². The molecule has 1 radical (unpaired) electrons. The molecule has 0 aliphatic carbocycles. The van der Waals surface area contributed by atoms with Gasteiger partial charge < -0.3 is 0 Å². The number of hydrogen-bond donors (Lipinski definition) is 0. The van der Waals surface area contributed by atoms with E-state index in [2.05, 4.69) is 91.0 Å². The molecule has 0 aromatic heterocycles. The molecule has 0 aliphatic heterocycles. The van der Waals surface area contributed by atoms with Gasteiger partial charge in [-0.1, -0.05) is 36.4 Å². The summed E-state index contributed by atoms with van der Waals surface area (Å²) in [6.07, 6.45) is 0. The molecule has 0 atom stereocenters. The van der Waals surface area contributed by atoms with Crippen LogP contribution in [0, 0.1) is 12.1 Å². The predicted octanol–water partition coefficient (Wildman–Crippen LogP) is 7.56. The van der Waals surface area contributed by atoms with Gasteiger partial charge in [-0.05, 0) is 56.6 Å². The average molecular weight is 441 g/mol. The molecule has 0 saturated carbocycles. The summed E-state index contributed by atoms with van der Waals surface area (Å²) in [6.45, 7) is 0. The minimum absolute atomic E-state index is 0. The SMILES string of the molecule is [Y].[c-]1ccccc1-c1[c-]cc2cc3cc4cc5ccccc5cc4cc3cc2c1. The average Bonchev–Trinajstić information content (AvgIpc) is 2.75. The van der Waals surface area contributed by atoms with Crippen molar-refractivity contribution in [2.45, 2.75) is 0 Å². The molecule has 0 fully saturated rings. The third-order valence-corrected chi connectivity index (χ3v) is 5.54. The molecule has 133 valence electrons. The van der Waals surface area contributed by atoms with E-state index in [-0.39, 0.29) is 32.7 Å². The van der Waals surface area contributed by atoms with Gasteiger partial charge in [0, 0.05) is 32.7 Å². The Kier molecular flexibility index (Phi) is 4.70.